The van der Waals surface area contributed by atoms with E-state index in [1.165, 1.54) is 12.4 Å². The summed E-state index contributed by atoms with van der Waals surface area (Å²) in [5, 5.41) is 2.97. The van der Waals surface area contributed by atoms with Crippen LogP contribution in [0.4, 0.5) is 5.69 Å². The van der Waals surface area contributed by atoms with Crippen LogP contribution in [0.15, 0.2) is 46.8 Å². The smallest absolute Gasteiger partial charge is 0.231 e. The predicted molar refractivity (Wildman–Crippen MR) is 81.4 cm³/mol. The van der Waals surface area contributed by atoms with Gasteiger partial charge in [0.2, 0.25) is 11.6 Å². The Hall–Kier alpha value is -2.34. The number of aromatic nitrogens is 2. The Labute approximate surface area is 129 Å². The Morgan fingerprint density at radius 1 is 0.952 bits per heavy atom. The van der Waals surface area contributed by atoms with Gasteiger partial charge in [0, 0.05) is 18.1 Å². The number of nitrogens with one attached hydrogen (secondary N) is 1. The molecule has 0 amide bonds. The number of carbonyl (C=O) groups is 2. The molecule has 1 heterocycles. The zero-order valence-corrected chi connectivity index (χ0v) is 12.6. The van der Waals surface area contributed by atoms with Gasteiger partial charge in [-0.05, 0) is 35.0 Å². The summed E-state index contributed by atoms with van der Waals surface area (Å²) in [4.78, 5) is 32.5. The van der Waals surface area contributed by atoms with Gasteiger partial charge in [0.05, 0.1) is 4.48 Å². The van der Waals surface area contributed by atoms with Crippen LogP contribution in [0.5, 0.6) is 0 Å². The number of halogens is 1. The molecule has 0 unspecified atom stereocenters. The molecule has 0 fully saturated rings. The largest absolute Gasteiger partial charge is 0.351 e. The van der Waals surface area contributed by atoms with E-state index in [1.807, 2.05) is 31.2 Å². The number of aryl methyl sites for hydroxylation is 1. The van der Waals surface area contributed by atoms with Gasteiger partial charge in [-0.15, -0.1) is 0 Å². The van der Waals surface area contributed by atoms with Gasteiger partial charge in [0.25, 0.3) is 0 Å². The fourth-order valence-corrected chi connectivity index (χ4v) is 2.47. The standard InChI is InChI=1S/C15H10BrN3O2/c1-8-2-4-9(5-3-8)19-11-10(16)14(20)12-13(15(11)21)18-7-6-17-12/h2-7,19H,1H3. The zero-order chi connectivity index (χ0) is 15.0. The Kier molecular flexibility index (Phi) is 3.39. The van der Waals surface area contributed by atoms with Crippen LogP contribution in [0.2, 0.25) is 0 Å². The molecule has 21 heavy (non-hydrogen) atoms. The molecule has 1 aromatic carbocycles. The Morgan fingerprint density at radius 2 is 1.52 bits per heavy atom. The van der Waals surface area contributed by atoms with Crippen molar-refractivity contribution in [2.75, 3.05) is 5.32 Å². The minimum absolute atomic E-state index is 0.0697. The number of nitrogens with zero attached hydrogens (tertiary/aromatic N) is 2. The van der Waals surface area contributed by atoms with Crippen LogP contribution < -0.4 is 5.32 Å². The third kappa shape index (κ3) is 2.38. The molecule has 5 nitrogen and oxygen atoms in total. The maximum atomic E-state index is 12.4. The molecule has 0 atom stereocenters. The fourth-order valence-electron chi connectivity index (χ4n) is 2.00. The molecule has 1 N–H and O–H groups in total. The zero-order valence-electron chi connectivity index (χ0n) is 11.1. The van der Waals surface area contributed by atoms with Gasteiger partial charge >= 0.3 is 0 Å². The predicted octanol–water partition coefficient (Wildman–Crippen LogP) is 2.88. The molecule has 3 rings (SSSR count). The van der Waals surface area contributed by atoms with E-state index in [0.717, 1.165) is 11.3 Å². The van der Waals surface area contributed by atoms with Gasteiger partial charge < -0.3 is 5.32 Å². The van der Waals surface area contributed by atoms with Gasteiger partial charge in [0.15, 0.2) is 0 Å². The molecule has 6 heteroatoms. The number of hydrogen-bond acceptors (Lipinski definition) is 5. The van der Waals surface area contributed by atoms with Crippen LogP contribution in [-0.2, 0) is 0 Å². The lowest BCUT2D eigenvalue weighted by atomic mass is 10.0. The Balaban J connectivity index is 2.02. The number of Topliss-reactive ketones (excluding diaryl/α,β-unsaturated/α-hetero) is 2. The van der Waals surface area contributed by atoms with Gasteiger partial charge in [-0.1, -0.05) is 17.7 Å². The summed E-state index contributed by atoms with van der Waals surface area (Å²) in [6.45, 7) is 1.97. The number of allylic oxidation sites excluding steroid dienone is 2. The quantitative estimate of drug-likeness (QED) is 0.907. The fraction of sp³-hybridized carbons (Fsp3) is 0.0667. The van der Waals surface area contributed by atoms with Crippen LogP contribution in [-0.4, -0.2) is 21.5 Å². The number of ketones is 2. The van der Waals surface area contributed by atoms with Gasteiger partial charge in [0.1, 0.15) is 17.1 Å². The van der Waals surface area contributed by atoms with Crippen molar-refractivity contribution in [1.82, 2.24) is 9.97 Å². The van der Waals surface area contributed by atoms with E-state index in [0.29, 0.717) is 0 Å². The van der Waals surface area contributed by atoms with Crippen LogP contribution in [0.3, 0.4) is 0 Å². The average Bonchev–Trinajstić information content (AvgIpc) is 2.51. The highest BCUT2D eigenvalue weighted by molar-refractivity contribution is 9.12. The van der Waals surface area contributed by atoms with E-state index >= 15 is 0 Å². The number of hydrogen-bond donors (Lipinski definition) is 1. The van der Waals surface area contributed by atoms with Crippen molar-refractivity contribution in [2.24, 2.45) is 0 Å². The molecular formula is C15H10BrN3O2. The molecule has 0 saturated carbocycles. The van der Waals surface area contributed by atoms with Crippen LogP contribution in [0.1, 0.15) is 26.5 Å². The van der Waals surface area contributed by atoms with Gasteiger partial charge in [-0.3, -0.25) is 9.59 Å². The number of carbonyl (C=O) groups excluding carboxylic acids is 2. The van der Waals surface area contributed by atoms with Crippen LogP contribution >= 0.6 is 15.9 Å². The van der Waals surface area contributed by atoms with Crippen molar-refractivity contribution in [3.05, 3.63) is 63.8 Å². The highest BCUT2D eigenvalue weighted by atomic mass is 79.9. The monoisotopic (exact) mass is 343 g/mol. The maximum Gasteiger partial charge on any atom is 0.231 e. The third-order valence-corrected chi connectivity index (χ3v) is 3.85. The minimum Gasteiger partial charge on any atom is -0.351 e. The summed E-state index contributed by atoms with van der Waals surface area (Å²) in [6, 6.07) is 7.51. The number of anilines is 1. The summed E-state index contributed by atoms with van der Waals surface area (Å²) in [6.07, 6.45) is 2.79. The molecule has 104 valence electrons. The molecule has 0 bridgehead atoms. The van der Waals surface area contributed by atoms with E-state index in [9.17, 15) is 9.59 Å². The summed E-state index contributed by atoms with van der Waals surface area (Å²) >= 11 is 3.18. The molecule has 0 aliphatic heterocycles. The second kappa shape index (κ2) is 5.21. The van der Waals surface area contributed by atoms with Crippen molar-refractivity contribution in [1.29, 1.82) is 0 Å². The van der Waals surface area contributed by atoms with Crippen LogP contribution in [0, 0.1) is 6.92 Å². The van der Waals surface area contributed by atoms with E-state index in [-0.39, 0.29) is 33.1 Å². The number of benzene rings is 1. The topological polar surface area (TPSA) is 72.0 Å². The van der Waals surface area contributed by atoms with E-state index in [4.69, 9.17) is 0 Å². The lowest BCUT2D eigenvalue weighted by Crippen LogP contribution is -2.26. The molecule has 0 radical (unpaired) electrons. The highest BCUT2D eigenvalue weighted by Gasteiger charge is 2.33. The SMILES string of the molecule is Cc1ccc(NC2=C(Br)C(=O)c3nccnc3C2=O)cc1. The van der Waals surface area contributed by atoms with Gasteiger partial charge in [-0.2, -0.15) is 0 Å². The van der Waals surface area contributed by atoms with Crippen molar-refractivity contribution in [3.63, 3.8) is 0 Å². The summed E-state index contributed by atoms with van der Waals surface area (Å²) in [5.74, 6) is -0.711. The minimum atomic E-state index is -0.356. The molecule has 2 aromatic rings. The first-order chi connectivity index (χ1) is 10.1. The average molecular weight is 344 g/mol. The van der Waals surface area contributed by atoms with E-state index < -0.39 is 0 Å². The second-order valence-corrected chi connectivity index (χ2v) is 5.38. The Morgan fingerprint density at radius 3 is 2.14 bits per heavy atom. The second-order valence-electron chi connectivity index (χ2n) is 4.59. The van der Waals surface area contributed by atoms with Crippen molar-refractivity contribution in [2.45, 2.75) is 6.92 Å². The van der Waals surface area contributed by atoms with Crippen molar-refractivity contribution < 1.29 is 9.59 Å². The van der Waals surface area contributed by atoms with Gasteiger partial charge in [-0.25, -0.2) is 9.97 Å². The maximum absolute atomic E-state index is 12.4. The van der Waals surface area contributed by atoms with E-state index in [1.54, 1.807) is 0 Å². The first-order valence-electron chi connectivity index (χ1n) is 6.22. The first-order valence-corrected chi connectivity index (χ1v) is 7.01. The summed E-state index contributed by atoms with van der Waals surface area (Å²) < 4.78 is 0.168. The lowest BCUT2D eigenvalue weighted by Gasteiger charge is -2.17. The summed E-state index contributed by atoms with van der Waals surface area (Å²) in [5.41, 5.74) is 2.15. The summed E-state index contributed by atoms with van der Waals surface area (Å²) in [7, 11) is 0. The normalized spacial score (nSPS) is 14.2. The molecule has 1 aromatic heterocycles. The lowest BCUT2D eigenvalue weighted by molar-refractivity contribution is 0.0975. The molecule has 1 aliphatic rings. The molecular weight excluding hydrogens is 334 g/mol. The highest BCUT2D eigenvalue weighted by Crippen LogP contribution is 2.28. The number of rotatable bonds is 2. The first kappa shape index (κ1) is 13.6. The van der Waals surface area contributed by atoms with Crippen molar-refractivity contribution in [3.8, 4) is 0 Å². The van der Waals surface area contributed by atoms with Crippen LogP contribution in [0.25, 0.3) is 0 Å². The third-order valence-electron chi connectivity index (χ3n) is 3.10. The van der Waals surface area contributed by atoms with E-state index in [2.05, 4.69) is 31.2 Å². The molecule has 0 spiro atoms. The Bertz CT molecular complexity index is 782. The molecule has 0 saturated heterocycles. The van der Waals surface area contributed by atoms with Crippen molar-refractivity contribution >= 4 is 33.2 Å². The molecule has 1 aliphatic carbocycles. The number of fused-ring (bicyclic) bond motifs is 1.